The van der Waals surface area contributed by atoms with E-state index >= 15 is 0 Å². The summed E-state index contributed by atoms with van der Waals surface area (Å²) >= 11 is 0. The van der Waals surface area contributed by atoms with Crippen molar-refractivity contribution in [1.82, 2.24) is 14.2 Å². The molecule has 0 fully saturated rings. The summed E-state index contributed by atoms with van der Waals surface area (Å²) in [5.41, 5.74) is 1.17. The lowest BCUT2D eigenvalue weighted by Gasteiger charge is -2.05. The highest BCUT2D eigenvalue weighted by atomic mass is 16.5. The standard InChI is InChI=1S/C15H13N3O4/c1-17-12(15(20)21)8-14(19)18-13(17)7-11(16-18)9-4-3-5-10(6-9)22-2/h3-8H,1-2H3,(H,20,21). The number of carboxylic acids is 1. The number of nitrogens with zero attached hydrogens (tertiary/aromatic N) is 3. The van der Waals surface area contributed by atoms with Crippen molar-refractivity contribution in [3.8, 4) is 17.0 Å². The highest BCUT2D eigenvalue weighted by Gasteiger charge is 2.15. The van der Waals surface area contributed by atoms with Crippen LogP contribution >= 0.6 is 0 Å². The van der Waals surface area contributed by atoms with Gasteiger partial charge in [0.05, 0.1) is 12.8 Å². The minimum absolute atomic E-state index is 0.0883. The number of aromatic nitrogens is 3. The second-order valence-electron chi connectivity index (χ2n) is 4.76. The number of aromatic carboxylic acids is 1. The summed E-state index contributed by atoms with van der Waals surface area (Å²) in [5.74, 6) is -0.487. The van der Waals surface area contributed by atoms with Crippen LogP contribution in [0.5, 0.6) is 5.75 Å². The predicted molar refractivity (Wildman–Crippen MR) is 79.4 cm³/mol. The van der Waals surface area contributed by atoms with Gasteiger partial charge in [-0.3, -0.25) is 4.79 Å². The van der Waals surface area contributed by atoms with E-state index in [1.54, 1.807) is 32.4 Å². The molecule has 7 nitrogen and oxygen atoms in total. The van der Waals surface area contributed by atoms with Gasteiger partial charge in [-0.1, -0.05) is 12.1 Å². The van der Waals surface area contributed by atoms with Crippen LogP contribution in [0.1, 0.15) is 10.5 Å². The Hall–Kier alpha value is -3.09. The zero-order valence-electron chi connectivity index (χ0n) is 12.0. The molecule has 2 aromatic heterocycles. The van der Waals surface area contributed by atoms with Crippen LogP contribution in [0.25, 0.3) is 16.9 Å². The summed E-state index contributed by atoms with van der Waals surface area (Å²) < 4.78 is 7.77. The fourth-order valence-corrected chi connectivity index (χ4v) is 2.30. The fourth-order valence-electron chi connectivity index (χ4n) is 2.30. The number of carbonyl (C=O) groups is 1. The highest BCUT2D eigenvalue weighted by molar-refractivity contribution is 5.86. The largest absolute Gasteiger partial charge is 0.497 e. The van der Waals surface area contributed by atoms with E-state index in [0.717, 1.165) is 11.6 Å². The molecule has 0 radical (unpaired) electrons. The van der Waals surface area contributed by atoms with Crippen LogP contribution in [0.4, 0.5) is 0 Å². The normalized spacial score (nSPS) is 10.8. The molecule has 0 aliphatic carbocycles. The molecule has 3 aromatic rings. The zero-order chi connectivity index (χ0) is 15.9. The minimum Gasteiger partial charge on any atom is -0.497 e. The summed E-state index contributed by atoms with van der Waals surface area (Å²) in [6, 6.07) is 9.98. The Morgan fingerprint density at radius 2 is 2.05 bits per heavy atom. The highest BCUT2D eigenvalue weighted by Crippen LogP contribution is 2.23. The van der Waals surface area contributed by atoms with Gasteiger partial charge >= 0.3 is 5.97 Å². The number of ether oxygens (including phenoxy) is 1. The summed E-state index contributed by atoms with van der Waals surface area (Å²) in [6.07, 6.45) is 0. The molecule has 3 rings (SSSR count). The van der Waals surface area contributed by atoms with Crippen molar-refractivity contribution in [2.24, 2.45) is 7.05 Å². The molecule has 2 heterocycles. The number of carboxylic acid groups (broad SMARTS) is 1. The third kappa shape index (κ3) is 2.12. The molecule has 0 saturated heterocycles. The van der Waals surface area contributed by atoms with Crippen LogP contribution in [0.15, 0.2) is 41.2 Å². The third-order valence-corrected chi connectivity index (χ3v) is 3.45. The summed E-state index contributed by atoms with van der Waals surface area (Å²) in [5, 5.41) is 13.4. The van der Waals surface area contributed by atoms with Crippen molar-refractivity contribution in [3.63, 3.8) is 0 Å². The monoisotopic (exact) mass is 299 g/mol. The van der Waals surface area contributed by atoms with Gasteiger partial charge in [-0.2, -0.15) is 9.61 Å². The Labute approximate surface area is 125 Å². The number of fused-ring (bicyclic) bond motifs is 1. The number of hydrogen-bond donors (Lipinski definition) is 1. The Kier molecular flexibility index (Phi) is 3.17. The number of hydrogen-bond acceptors (Lipinski definition) is 4. The van der Waals surface area contributed by atoms with Crippen LogP contribution in [-0.4, -0.2) is 32.4 Å². The molecule has 0 unspecified atom stereocenters. The number of aryl methyl sites for hydroxylation is 1. The van der Waals surface area contributed by atoms with Crippen LogP contribution < -0.4 is 10.3 Å². The lowest BCUT2D eigenvalue weighted by molar-refractivity contribution is 0.0685. The van der Waals surface area contributed by atoms with Crippen molar-refractivity contribution in [1.29, 1.82) is 0 Å². The zero-order valence-corrected chi connectivity index (χ0v) is 12.0. The first-order valence-corrected chi connectivity index (χ1v) is 6.49. The molecule has 1 N–H and O–H groups in total. The summed E-state index contributed by atoms with van der Waals surface area (Å²) in [7, 11) is 3.15. The lowest BCUT2D eigenvalue weighted by atomic mass is 10.1. The Balaban J connectivity index is 2.25. The maximum atomic E-state index is 12.0. The van der Waals surface area contributed by atoms with Gasteiger partial charge < -0.3 is 14.4 Å². The molecule has 0 amide bonds. The quantitative estimate of drug-likeness (QED) is 0.790. The molecule has 0 aliphatic heterocycles. The van der Waals surface area contributed by atoms with E-state index in [2.05, 4.69) is 5.10 Å². The van der Waals surface area contributed by atoms with Gasteiger partial charge in [0, 0.05) is 24.7 Å². The molecule has 0 atom stereocenters. The first-order valence-electron chi connectivity index (χ1n) is 6.49. The van der Waals surface area contributed by atoms with Crippen LogP contribution in [0.2, 0.25) is 0 Å². The van der Waals surface area contributed by atoms with Crippen molar-refractivity contribution < 1.29 is 14.6 Å². The van der Waals surface area contributed by atoms with E-state index < -0.39 is 11.5 Å². The average Bonchev–Trinajstić information content (AvgIpc) is 2.97. The van der Waals surface area contributed by atoms with E-state index in [9.17, 15) is 9.59 Å². The fraction of sp³-hybridized carbons (Fsp3) is 0.133. The van der Waals surface area contributed by atoms with Gasteiger partial charge in [0.25, 0.3) is 5.56 Å². The molecule has 7 heteroatoms. The second kappa shape index (κ2) is 5.03. The third-order valence-electron chi connectivity index (χ3n) is 3.45. The molecule has 1 aromatic carbocycles. The smallest absolute Gasteiger partial charge is 0.352 e. The van der Waals surface area contributed by atoms with Crippen molar-refractivity contribution in [2.75, 3.05) is 7.11 Å². The number of rotatable bonds is 3. The van der Waals surface area contributed by atoms with Crippen LogP contribution in [0.3, 0.4) is 0 Å². The van der Waals surface area contributed by atoms with Crippen LogP contribution in [-0.2, 0) is 7.05 Å². The SMILES string of the molecule is COc1cccc(-c2cc3n(C)c(C(=O)O)cc(=O)n3n2)c1. The lowest BCUT2D eigenvalue weighted by Crippen LogP contribution is -2.21. The molecule has 22 heavy (non-hydrogen) atoms. The molecular weight excluding hydrogens is 286 g/mol. The van der Waals surface area contributed by atoms with Gasteiger partial charge in [-0.05, 0) is 12.1 Å². The molecular formula is C15H13N3O4. The molecule has 0 spiro atoms. The van der Waals surface area contributed by atoms with Crippen molar-refractivity contribution in [3.05, 3.63) is 52.4 Å². The topological polar surface area (TPSA) is 85.8 Å². The maximum absolute atomic E-state index is 12.0. The van der Waals surface area contributed by atoms with Gasteiger partial charge in [0.2, 0.25) is 0 Å². The predicted octanol–water partition coefficient (Wildman–Crippen LogP) is 1.41. The Morgan fingerprint density at radius 3 is 2.73 bits per heavy atom. The van der Waals surface area contributed by atoms with Crippen molar-refractivity contribution in [2.45, 2.75) is 0 Å². The second-order valence-corrected chi connectivity index (χ2v) is 4.76. The maximum Gasteiger partial charge on any atom is 0.352 e. The molecule has 0 saturated carbocycles. The first kappa shape index (κ1) is 13.9. The number of methoxy groups -OCH3 is 1. The Morgan fingerprint density at radius 1 is 1.27 bits per heavy atom. The summed E-state index contributed by atoms with van der Waals surface area (Å²) in [6.45, 7) is 0. The van der Waals surface area contributed by atoms with E-state index in [1.807, 2.05) is 12.1 Å². The molecule has 112 valence electrons. The molecule has 0 bridgehead atoms. The van der Waals surface area contributed by atoms with Gasteiger partial charge in [-0.15, -0.1) is 0 Å². The summed E-state index contributed by atoms with van der Waals surface area (Å²) in [4.78, 5) is 23.2. The van der Waals surface area contributed by atoms with E-state index in [4.69, 9.17) is 9.84 Å². The van der Waals surface area contributed by atoms with E-state index in [1.165, 1.54) is 9.08 Å². The van der Waals surface area contributed by atoms with Crippen molar-refractivity contribution >= 4 is 11.6 Å². The van der Waals surface area contributed by atoms with Crippen LogP contribution in [0, 0.1) is 0 Å². The van der Waals surface area contributed by atoms with Gasteiger partial charge in [-0.25, -0.2) is 4.79 Å². The van der Waals surface area contributed by atoms with E-state index in [-0.39, 0.29) is 5.69 Å². The minimum atomic E-state index is -1.16. The van der Waals surface area contributed by atoms with E-state index in [0.29, 0.717) is 17.1 Å². The average molecular weight is 299 g/mol. The number of benzene rings is 1. The molecule has 0 aliphatic rings. The van der Waals surface area contributed by atoms with Gasteiger partial charge in [0.1, 0.15) is 17.1 Å². The Bertz CT molecular complexity index is 940. The first-order chi connectivity index (χ1) is 10.5. The van der Waals surface area contributed by atoms with Gasteiger partial charge in [0.15, 0.2) is 0 Å².